The first-order valence-corrected chi connectivity index (χ1v) is 9.85. The number of rotatable bonds is 6. The summed E-state index contributed by atoms with van der Waals surface area (Å²) in [6, 6.07) is 17.7. The summed E-state index contributed by atoms with van der Waals surface area (Å²) >= 11 is 0. The standard InChI is InChI=1S/C24H28N2O3/c1-4-22(27)26-15-13-24(14-16-26,20-10-6-5-7-11-20)23(28)25(2)18-19-9-8-12-21(17-19)29-3/h4-12,17H,1,13-16,18H2,2-3H3. The summed E-state index contributed by atoms with van der Waals surface area (Å²) < 4.78 is 5.30. The second-order valence-corrected chi connectivity index (χ2v) is 7.49. The lowest BCUT2D eigenvalue weighted by molar-refractivity contribution is -0.141. The molecule has 1 heterocycles. The van der Waals surface area contributed by atoms with Crippen LogP contribution in [-0.2, 0) is 21.5 Å². The van der Waals surface area contributed by atoms with E-state index in [1.54, 1.807) is 16.9 Å². The third-order valence-corrected chi connectivity index (χ3v) is 5.74. The molecule has 152 valence electrons. The quantitative estimate of drug-likeness (QED) is 0.708. The van der Waals surface area contributed by atoms with Crippen LogP contribution in [0.1, 0.15) is 24.0 Å². The summed E-state index contributed by atoms with van der Waals surface area (Å²) in [4.78, 5) is 29.3. The van der Waals surface area contributed by atoms with Gasteiger partial charge >= 0.3 is 0 Å². The molecule has 2 aromatic rings. The molecule has 0 aliphatic carbocycles. The largest absolute Gasteiger partial charge is 0.497 e. The summed E-state index contributed by atoms with van der Waals surface area (Å²) in [5.74, 6) is 0.776. The van der Waals surface area contributed by atoms with E-state index in [-0.39, 0.29) is 11.8 Å². The van der Waals surface area contributed by atoms with Gasteiger partial charge in [0.25, 0.3) is 0 Å². The number of hydrogen-bond acceptors (Lipinski definition) is 3. The summed E-state index contributed by atoms with van der Waals surface area (Å²) in [6.07, 6.45) is 2.53. The molecule has 0 radical (unpaired) electrons. The molecule has 5 heteroatoms. The van der Waals surface area contributed by atoms with Crippen LogP contribution < -0.4 is 4.74 Å². The number of nitrogens with zero attached hydrogens (tertiary/aromatic N) is 2. The zero-order valence-corrected chi connectivity index (χ0v) is 17.1. The number of likely N-dealkylation sites (N-methyl/N-ethyl adjacent to an activating group) is 1. The molecule has 2 aromatic carbocycles. The first-order valence-electron chi connectivity index (χ1n) is 9.85. The molecule has 1 saturated heterocycles. The van der Waals surface area contributed by atoms with Crippen molar-refractivity contribution >= 4 is 11.8 Å². The number of likely N-dealkylation sites (tertiary alicyclic amines) is 1. The first-order chi connectivity index (χ1) is 14.0. The molecule has 1 aliphatic rings. The van der Waals surface area contributed by atoms with Crippen LogP contribution in [0.2, 0.25) is 0 Å². The second-order valence-electron chi connectivity index (χ2n) is 7.49. The van der Waals surface area contributed by atoms with Gasteiger partial charge in [0.05, 0.1) is 12.5 Å². The third kappa shape index (κ3) is 4.34. The fraction of sp³-hybridized carbons (Fsp3) is 0.333. The highest BCUT2D eigenvalue weighted by Crippen LogP contribution is 2.37. The Hall–Kier alpha value is -3.08. The maximum atomic E-state index is 13.7. The average molecular weight is 392 g/mol. The van der Waals surface area contributed by atoms with Crippen LogP contribution in [0.3, 0.4) is 0 Å². The number of amides is 2. The van der Waals surface area contributed by atoms with E-state index < -0.39 is 5.41 Å². The predicted molar refractivity (Wildman–Crippen MR) is 114 cm³/mol. The summed E-state index contributed by atoms with van der Waals surface area (Å²) in [6.45, 7) is 5.16. The van der Waals surface area contributed by atoms with Crippen molar-refractivity contribution in [2.45, 2.75) is 24.8 Å². The summed E-state index contributed by atoms with van der Waals surface area (Å²) in [5, 5.41) is 0. The van der Waals surface area contributed by atoms with Gasteiger partial charge in [0, 0.05) is 26.7 Å². The van der Waals surface area contributed by atoms with Gasteiger partial charge in [-0.3, -0.25) is 9.59 Å². The molecule has 29 heavy (non-hydrogen) atoms. The lowest BCUT2D eigenvalue weighted by Gasteiger charge is -2.42. The molecule has 1 fully saturated rings. The SMILES string of the molecule is C=CC(=O)N1CCC(C(=O)N(C)Cc2cccc(OC)c2)(c2ccccc2)CC1. The van der Waals surface area contributed by atoms with Crippen molar-refractivity contribution in [1.82, 2.24) is 9.80 Å². The Kier molecular flexibility index (Phi) is 6.37. The summed E-state index contributed by atoms with van der Waals surface area (Å²) in [7, 11) is 3.48. The van der Waals surface area contributed by atoms with E-state index in [0.29, 0.717) is 32.5 Å². The number of hydrogen-bond donors (Lipinski definition) is 0. The van der Waals surface area contributed by atoms with E-state index >= 15 is 0 Å². The molecule has 0 aromatic heterocycles. The van der Waals surface area contributed by atoms with Crippen molar-refractivity contribution in [3.8, 4) is 5.75 Å². The summed E-state index contributed by atoms with van der Waals surface area (Å²) in [5.41, 5.74) is 1.39. The van der Waals surface area contributed by atoms with Gasteiger partial charge in [-0.15, -0.1) is 0 Å². The van der Waals surface area contributed by atoms with Crippen molar-refractivity contribution in [3.05, 3.63) is 78.4 Å². The topological polar surface area (TPSA) is 49.9 Å². The minimum Gasteiger partial charge on any atom is -0.497 e. The maximum absolute atomic E-state index is 13.7. The molecule has 0 unspecified atom stereocenters. The van der Waals surface area contributed by atoms with E-state index in [4.69, 9.17) is 4.74 Å². The molecule has 0 spiro atoms. The van der Waals surface area contributed by atoms with Gasteiger partial charge in [-0.1, -0.05) is 49.0 Å². The van der Waals surface area contributed by atoms with Gasteiger partial charge in [-0.2, -0.15) is 0 Å². The predicted octanol–water partition coefficient (Wildman–Crippen LogP) is 3.40. The second kappa shape index (κ2) is 8.95. The number of methoxy groups -OCH3 is 1. The number of carbonyl (C=O) groups excluding carboxylic acids is 2. The molecule has 2 amide bonds. The first kappa shape index (κ1) is 20.6. The zero-order chi connectivity index (χ0) is 20.9. The van der Waals surface area contributed by atoms with E-state index in [1.165, 1.54) is 6.08 Å². The Labute approximate surface area is 172 Å². The molecule has 0 saturated carbocycles. The Balaban J connectivity index is 1.85. The Morgan fingerprint density at radius 1 is 1.14 bits per heavy atom. The lowest BCUT2D eigenvalue weighted by atomic mass is 9.71. The van der Waals surface area contributed by atoms with Crippen LogP contribution in [-0.4, -0.2) is 48.9 Å². The van der Waals surface area contributed by atoms with Crippen molar-refractivity contribution in [1.29, 1.82) is 0 Å². The number of ether oxygens (including phenoxy) is 1. The van der Waals surface area contributed by atoms with Crippen molar-refractivity contribution in [3.63, 3.8) is 0 Å². The van der Waals surface area contributed by atoms with Crippen LogP contribution in [0.4, 0.5) is 0 Å². The molecular formula is C24H28N2O3. The van der Waals surface area contributed by atoms with Gasteiger partial charge in [0.1, 0.15) is 5.75 Å². The normalized spacial score (nSPS) is 15.4. The van der Waals surface area contributed by atoms with Crippen molar-refractivity contribution in [2.24, 2.45) is 0 Å². The van der Waals surface area contributed by atoms with Gasteiger partial charge in [0.2, 0.25) is 11.8 Å². The van der Waals surface area contributed by atoms with Crippen molar-refractivity contribution in [2.75, 3.05) is 27.2 Å². The van der Waals surface area contributed by atoms with Crippen LogP contribution in [0.25, 0.3) is 0 Å². The smallest absolute Gasteiger partial charge is 0.245 e. The molecule has 3 rings (SSSR count). The molecule has 1 aliphatic heterocycles. The van der Waals surface area contributed by atoms with E-state index in [1.807, 2.05) is 61.6 Å². The van der Waals surface area contributed by atoms with Crippen LogP contribution in [0, 0.1) is 0 Å². The van der Waals surface area contributed by atoms with Crippen LogP contribution >= 0.6 is 0 Å². The Morgan fingerprint density at radius 3 is 2.45 bits per heavy atom. The fourth-order valence-electron chi connectivity index (χ4n) is 4.10. The number of carbonyl (C=O) groups is 2. The molecule has 0 bridgehead atoms. The highest BCUT2D eigenvalue weighted by molar-refractivity contribution is 5.90. The van der Waals surface area contributed by atoms with E-state index in [9.17, 15) is 9.59 Å². The van der Waals surface area contributed by atoms with Crippen LogP contribution in [0.5, 0.6) is 5.75 Å². The molecule has 0 N–H and O–H groups in total. The van der Waals surface area contributed by atoms with E-state index in [2.05, 4.69) is 6.58 Å². The highest BCUT2D eigenvalue weighted by atomic mass is 16.5. The number of benzene rings is 2. The number of piperidine rings is 1. The average Bonchev–Trinajstić information content (AvgIpc) is 2.78. The fourth-order valence-corrected chi connectivity index (χ4v) is 4.10. The third-order valence-electron chi connectivity index (χ3n) is 5.74. The molecular weight excluding hydrogens is 364 g/mol. The zero-order valence-electron chi connectivity index (χ0n) is 17.1. The monoisotopic (exact) mass is 392 g/mol. The Bertz CT molecular complexity index is 871. The van der Waals surface area contributed by atoms with Crippen molar-refractivity contribution < 1.29 is 14.3 Å². The van der Waals surface area contributed by atoms with Gasteiger partial charge in [-0.05, 0) is 42.2 Å². The lowest BCUT2D eigenvalue weighted by Crippen LogP contribution is -2.52. The van der Waals surface area contributed by atoms with Gasteiger partial charge in [0.15, 0.2) is 0 Å². The van der Waals surface area contributed by atoms with E-state index in [0.717, 1.165) is 16.9 Å². The Morgan fingerprint density at radius 2 is 1.83 bits per heavy atom. The van der Waals surface area contributed by atoms with Gasteiger partial charge in [-0.25, -0.2) is 0 Å². The minimum atomic E-state index is -0.632. The molecule has 0 atom stereocenters. The van der Waals surface area contributed by atoms with Crippen LogP contribution in [0.15, 0.2) is 67.3 Å². The highest BCUT2D eigenvalue weighted by Gasteiger charge is 2.44. The maximum Gasteiger partial charge on any atom is 0.245 e. The van der Waals surface area contributed by atoms with Gasteiger partial charge < -0.3 is 14.5 Å². The minimum absolute atomic E-state index is 0.0798. The molecule has 5 nitrogen and oxygen atoms in total.